The fraction of sp³-hybridized carbons (Fsp3) is 0.345. The molecule has 6 rings (SSSR count). The second-order valence-electron chi connectivity index (χ2n) is 10.7. The van der Waals surface area contributed by atoms with Crippen molar-refractivity contribution in [3.8, 4) is 23.3 Å². The molecule has 2 unspecified atom stereocenters. The average Bonchev–Trinajstić information content (AvgIpc) is 3.67. The van der Waals surface area contributed by atoms with Gasteiger partial charge in [0.05, 0.1) is 23.5 Å². The number of rotatable bonds is 7. The van der Waals surface area contributed by atoms with E-state index in [1.54, 1.807) is 24.5 Å². The molecule has 1 aromatic heterocycles. The van der Waals surface area contributed by atoms with E-state index in [4.69, 9.17) is 4.74 Å². The number of benzene rings is 2. The quantitative estimate of drug-likeness (QED) is 0.414. The number of fused-ring (bicyclic) bond motifs is 1. The maximum Gasteiger partial charge on any atom is 0.573 e. The fourth-order valence-corrected chi connectivity index (χ4v) is 5.67. The number of alkyl halides is 3. The van der Waals surface area contributed by atoms with Gasteiger partial charge in [-0.2, -0.15) is 10.4 Å². The highest BCUT2D eigenvalue weighted by Crippen LogP contribution is 2.31. The third-order valence-electron chi connectivity index (χ3n) is 7.59. The molecular weight excluding hydrogens is 569 g/mol. The zero-order valence-corrected chi connectivity index (χ0v) is 22.6. The average molecular weight is 595 g/mol. The first-order chi connectivity index (χ1) is 20.5. The molecule has 0 spiro atoms. The summed E-state index contributed by atoms with van der Waals surface area (Å²) in [6, 6.07) is 10.0. The van der Waals surface area contributed by atoms with E-state index in [0.29, 0.717) is 30.8 Å². The molecule has 3 amide bonds. The molecule has 3 aliphatic heterocycles. The van der Waals surface area contributed by atoms with Crippen LogP contribution >= 0.6 is 0 Å². The number of halogens is 3. The molecule has 11 nitrogen and oxygen atoms in total. The second-order valence-corrected chi connectivity index (χ2v) is 10.7. The highest BCUT2D eigenvalue weighted by atomic mass is 19.4. The topological polar surface area (TPSA) is 130 Å². The van der Waals surface area contributed by atoms with Gasteiger partial charge in [0.25, 0.3) is 5.91 Å². The Bertz CT molecular complexity index is 1650. The van der Waals surface area contributed by atoms with Crippen molar-refractivity contribution in [3.05, 3.63) is 71.0 Å². The first kappa shape index (κ1) is 28.2. The summed E-state index contributed by atoms with van der Waals surface area (Å²) < 4.78 is 49.7. The normalized spacial score (nSPS) is 20.6. The van der Waals surface area contributed by atoms with Crippen molar-refractivity contribution >= 4 is 17.7 Å². The van der Waals surface area contributed by atoms with Gasteiger partial charge < -0.3 is 14.4 Å². The van der Waals surface area contributed by atoms with Crippen molar-refractivity contribution in [3.63, 3.8) is 0 Å². The van der Waals surface area contributed by atoms with Crippen LogP contribution in [-0.2, 0) is 22.7 Å². The Morgan fingerprint density at radius 2 is 1.93 bits per heavy atom. The maximum atomic E-state index is 12.9. The number of piperidine rings is 1. The number of nitrogens with one attached hydrogen (secondary N) is 1. The minimum Gasteiger partial charge on any atom is -0.489 e. The summed E-state index contributed by atoms with van der Waals surface area (Å²) in [7, 11) is 0. The van der Waals surface area contributed by atoms with Crippen molar-refractivity contribution in [1.29, 1.82) is 5.26 Å². The van der Waals surface area contributed by atoms with Crippen molar-refractivity contribution < 1.29 is 37.0 Å². The number of hydrogen-bond donors (Lipinski definition) is 1. The second kappa shape index (κ2) is 11.1. The molecule has 3 aromatic rings. The zero-order chi connectivity index (χ0) is 30.3. The Kier molecular flexibility index (Phi) is 7.26. The summed E-state index contributed by atoms with van der Waals surface area (Å²) in [6.45, 7) is 2.16. The zero-order valence-electron chi connectivity index (χ0n) is 22.6. The van der Waals surface area contributed by atoms with Crippen LogP contribution in [0, 0.1) is 11.3 Å². The number of amides is 3. The molecule has 0 aliphatic carbocycles. The Labute approximate surface area is 243 Å². The van der Waals surface area contributed by atoms with Crippen LogP contribution in [-0.4, -0.2) is 68.9 Å². The molecule has 2 aromatic carbocycles. The molecule has 43 heavy (non-hydrogen) atoms. The molecule has 1 N–H and O–H groups in total. The summed E-state index contributed by atoms with van der Waals surface area (Å²) in [6.07, 6.45) is -0.444. The van der Waals surface area contributed by atoms with Crippen LogP contribution in [0.4, 0.5) is 13.2 Å². The van der Waals surface area contributed by atoms with Gasteiger partial charge in [-0.15, -0.1) is 13.2 Å². The Morgan fingerprint density at radius 3 is 2.70 bits per heavy atom. The summed E-state index contributed by atoms with van der Waals surface area (Å²) in [5.41, 5.74) is 2.37. The number of likely N-dealkylation sites (tertiary alicyclic amines) is 1. The van der Waals surface area contributed by atoms with Crippen LogP contribution in [0.2, 0.25) is 0 Å². The van der Waals surface area contributed by atoms with E-state index in [-0.39, 0.29) is 42.1 Å². The number of carbonyl (C=O) groups excluding carboxylic acids is 3. The van der Waals surface area contributed by atoms with Gasteiger partial charge >= 0.3 is 6.36 Å². The van der Waals surface area contributed by atoms with E-state index in [1.165, 1.54) is 21.7 Å². The van der Waals surface area contributed by atoms with Crippen LogP contribution in [0.5, 0.6) is 11.5 Å². The van der Waals surface area contributed by atoms with Crippen molar-refractivity contribution in [2.45, 2.75) is 50.9 Å². The smallest absolute Gasteiger partial charge is 0.489 e. The third kappa shape index (κ3) is 6.17. The third-order valence-corrected chi connectivity index (χ3v) is 7.59. The van der Waals surface area contributed by atoms with Crippen LogP contribution in [0.25, 0.3) is 5.69 Å². The summed E-state index contributed by atoms with van der Waals surface area (Å²) in [5.74, 6) is -0.920. The summed E-state index contributed by atoms with van der Waals surface area (Å²) in [4.78, 5) is 40.4. The number of nitrogens with zero attached hydrogens (tertiary/aromatic N) is 5. The Morgan fingerprint density at radius 1 is 1.09 bits per heavy atom. The molecule has 2 fully saturated rings. The molecule has 2 saturated heterocycles. The monoisotopic (exact) mass is 594 g/mol. The lowest BCUT2D eigenvalue weighted by molar-refractivity contribution is -0.274. The Balaban J connectivity index is 1.06. The van der Waals surface area contributed by atoms with Gasteiger partial charge in [-0.05, 0) is 48.7 Å². The molecule has 222 valence electrons. The lowest BCUT2D eigenvalue weighted by Crippen LogP contribution is -2.52. The van der Waals surface area contributed by atoms with Crippen molar-refractivity contribution in [2.75, 3.05) is 13.1 Å². The van der Waals surface area contributed by atoms with E-state index in [2.05, 4.69) is 20.1 Å². The SMILES string of the molecule is N#Cc1cc(OC(F)(F)F)cc(-n2cc(CN3CCC(Oc4ccc5c(c4)CN(C4CCC(=O)NC4=O)C5=O)C3)cn2)c1. The molecule has 0 bridgehead atoms. The van der Waals surface area contributed by atoms with Crippen molar-refractivity contribution in [1.82, 2.24) is 24.9 Å². The number of ether oxygens (including phenoxy) is 2. The van der Waals surface area contributed by atoms with Gasteiger partial charge in [-0.1, -0.05) is 0 Å². The molecule has 14 heteroatoms. The largest absolute Gasteiger partial charge is 0.573 e. The van der Waals surface area contributed by atoms with Gasteiger partial charge in [0.2, 0.25) is 11.8 Å². The van der Waals surface area contributed by atoms with Crippen LogP contribution in [0.1, 0.15) is 46.3 Å². The predicted molar refractivity (Wildman–Crippen MR) is 142 cm³/mol. The van der Waals surface area contributed by atoms with Gasteiger partial charge in [0.15, 0.2) is 0 Å². The van der Waals surface area contributed by atoms with Crippen LogP contribution in [0.3, 0.4) is 0 Å². The molecular formula is C29H25F3N6O5. The standard InChI is InChI=1S/C29H25F3N6O5/c30-29(31,32)43-23-8-17(11-33)7-20(10-23)38-14-18(12-34-38)13-36-6-5-22(16-36)42-21-1-2-24-19(9-21)15-37(28(24)41)25-3-4-26(39)35-27(25)40/h1-2,7-10,12,14,22,25H,3-6,13,15-16H2,(H,35,39,40). The molecule has 4 heterocycles. The van der Waals surface area contributed by atoms with Gasteiger partial charge in [-0.25, -0.2) is 4.68 Å². The number of nitriles is 1. The maximum absolute atomic E-state index is 12.9. The van der Waals surface area contributed by atoms with E-state index < -0.39 is 24.1 Å². The van der Waals surface area contributed by atoms with E-state index >= 15 is 0 Å². The molecule has 0 radical (unpaired) electrons. The summed E-state index contributed by atoms with van der Waals surface area (Å²) >= 11 is 0. The van der Waals surface area contributed by atoms with E-state index in [0.717, 1.165) is 30.2 Å². The van der Waals surface area contributed by atoms with Crippen molar-refractivity contribution in [2.24, 2.45) is 0 Å². The fourth-order valence-electron chi connectivity index (χ4n) is 5.67. The Hall–Kier alpha value is -4.90. The van der Waals surface area contributed by atoms with Crippen LogP contribution < -0.4 is 14.8 Å². The van der Waals surface area contributed by atoms with Gasteiger partial charge in [-0.3, -0.25) is 24.6 Å². The number of hydrogen-bond acceptors (Lipinski definition) is 8. The van der Waals surface area contributed by atoms with E-state index in [1.807, 2.05) is 12.1 Å². The summed E-state index contributed by atoms with van der Waals surface area (Å²) in [5, 5.41) is 15.8. The lowest BCUT2D eigenvalue weighted by Gasteiger charge is -2.29. The molecule has 2 atom stereocenters. The minimum atomic E-state index is -4.89. The minimum absolute atomic E-state index is 0.00735. The number of carbonyl (C=O) groups is 3. The number of imide groups is 1. The highest BCUT2D eigenvalue weighted by Gasteiger charge is 2.39. The first-order valence-corrected chi connectivity index (χ1v) is 13.6. The molecule has 0 saturated carbocycles. The number of aromatic nitrogens is 2. The van der Waals surface area contributed by atoms with E-state index in [9.17, 15) is 32.8 Å². The van der Waals surface area contributed by atoms with Crippen LogP contribution in [0.15, 0.2) is 48.8 Å². The lowest BCUT2D eigenvalue weighted by atomic mass is 10.0. The highest BCUT2D eigenvalue weighted by molar-refractivity contribution is 6.05. The molecule has 3 aliphatic rings. The van der Waals surface area contributed by atoms with Gasteiger partial charge in [0, 0.05) is 56.0 Å². The predicted octanol–water partition coefficient (Wildman–Crippen LogP) is 3.06. The first-order valence-electron chi connectivity index (χ1n) is 13.6. The van der Waals surface area contributed by atoms with Gasteiger partial charge in [0.1, 0.15) is 23.6 Å².